The molecule has 1 unspecified atom stereocenters. The van der Waals surface area contributed by atoms with E-state index < -0.39 is 0 Å². The number of halogens is 1. The maximum absolute atomic E-state index is 11.0. The van der Waals surface area contributed by atoms with E-state index in [2.05, 4.69) is 11.8 Å². The van der Waals surface area contributed by atoms with E-state index in [0.29, 0.717) is 16.6 Å². The summed E-state index contributed by atoms with van der Waals surface area (Å²) in [6, 6.07) is 6.03. The Bertz CT molecular complexity index is 378. The summed E-state index contributed by atoms with van der Waals surface area (Å²) < 4.78 is 0. The first-order valence-corrected chi connectivity index (χ1v) is 5.61. The molecule has 0 spiro atoms. The molecule has 0 amide bonds. The first-order valence-electron chi connectivity index (χ1n) is 5.24. The molecule has 1 aliphatic rings. The van der Waals surface area contributed by atoms with Crippen molar-refractivity contribution in [2.45, 2.75) is 25.8 Å². The zero-order valence-corrected chi connectivity index (χ0v) is 9.50. The van der Waals surface area contributed by atoms with Crippen molar-refractivity contribution in [2.75, 3.05) is 11.4 Å². The van der Waals surface area contributed by atoms with Gasteiger partial charge < -0.3 is 4.90 Å². The van der Waals surface area contributed by atoms with Crippen molar-refractivity contribution in [3.8, 4) is 0 Å². The van der Waals surface area contributed by atoms with Gasteiger partial charge >= 0.3 is 0 Å². The van der Waals surface area contributed by atoms with Gasteiger partial charge in [-0.25, -0.2) is 0 Å². The standard InChI is InChI=1S/C12H14ClNO/c1-9-3-2-6-14(9)12-5-4-11(13)7-10(12)8-15/h4-5,7-9H,2-3,6H2,1H3. The molecule has 0 N–H and O–H groups in total. The Kier molecular flexibility index (Phi) is 2.96. The topological polar surface area (TPSA) is 20.3 Å². The predicted octanol–water partition coefficient (Wildman–Crippen LogP) is 3.14. The van der Waals surface area contributed by atoms with Gasteiger partial charge in [0.05, 0.1) is 0 Å². The van der Waals surface area contributed by atoms with Crippen LogP contribution in [-0.2, 0) is 0 Å². The highest BCUT2D eigenvalue weighted by molar-refractivity contribution is 6.31. The summed E-state index contributed by atoms with van der Waals surface area (Å²) in [6.45, 7) is 3.22. The second-order valence-corrected chi connectivity index (χ2v) is 4.44. The molecule has 1 heterocycles. The highest BCUT2D eigenvalue weighted by Crippen LogP contribution is 2.29. The zero-order chi connectivity index (χ0) is 10.8. The molecule has 1 saturated heterocycles. The number of carbonyl (C=O) groups excluding carboxylic acids is 1. The Balaban J connectivity index is 2.38. The lowest BCUT2D eigenvalue weighted by Crippen LogP contribution is -2.27. The molecule has 15 heavy (non-hydrogen) atoms. The van der Waals surface area contributed by atoms with Crippen LogP contribution in [0.3, 0.4) is 0 Å². The van der Waals surface area contributed by atoms with E-state index in [4.69, 9.17) is 11.6 Å². The number of nitrogens with zero attached hydrogens (tertiary/aromatic N) is 1. The number of hydrogen-bond donors (Lipinski definition) is 0. The summed E-state index contributed by atoms with van der Waals surface area (Å²) in [5.74, 6) is 0. The summed E-state index contributed by atoms with van der Waals surface area (Å²) in [7, 11) is 0. The van der Waals surface area contributed by atoms with Crippen LogP contribution in [0.4, 0.5) is 5.69 Å². The Hall–Kier alpha value is -1.02. The van der Waals surface area contributed by atoms with Gasteiger partial charge in [0, 0.05) is 28.9 Å². The van der Waals surface area contributed by atoms with Gasteiger partial charge in [-0.05, 0) is 38.0 Å². The molecule has 1 aromatic rings. The molecule has 0 aromatic heterocycles. The lowest BCUT2D eigenvalue weighted by molar-refractivity contribution is 0.112. The lowest BCUT2D eigenvalue weighted by Gasteiger charge is -2.25. The van der Waals surface area contributed by atoms with Crippen LogP contribution in [-0.4, -0.2) is 18.9 Å². The average molecular weight is 224 g/mol. The molecule has 1 aromatic carbocycles. The second-order valence-electron chi connectivity index (χ2n) is 4.01. The van der Waals surface area contributed by atoms with Crippen molar-refractivity contribution in [3.63, 3.8) is 0 Å². The minimum absolute atomic E-state index is 0.518. The monoisotopic (exact) mass is 223 g/mol. The van der Waals surface area contributed by atoms with Gasteiger partial charge in [0.1, 0.15) is 0 Å². The molecular weight excluding hydrogens is 210 g/mol. The maximum atomic E-state index is 11.0. The second kappa shape index (κ2) is 4.23. The normalized spacial score (nSPS) is 20.7. The Morgan fingerprint density at radius 2 is 2.33 bits per heavy atom. The van der Waals surface area contributed by atoms with E-state index >= 15 is 0 Å². The van der Waals surface area contributed by atoms with Gasteiger partial charge in [-0.3, -0.25) is 4.79 Å². The highest BCUT2D eigenvalue weighted by Gasteiger charge is 2.22. The van der Waals surface area contributed by atoms with E-state index in [0.717, 1.165) is 18.5 Å². The molecule has 1 atom stereocenters. The van der Waals surface area contributed by atoms with Crippen molar-refractivity contribution in [1.82, 2.24) is 0 Å². The molecule has 0 radical (unpaired) electrons. The van der Waals surface area contributed by atoms with Crippen molar-refractivity contribution >= 4 is 23.6 Å². The predicted molar refractivity (Wildman–Crippen MR) is 62.9 cm³/mol. The zero-order valence-electron chi connectivity index (χ0n) is 8.74. The third-order valence-corrected chi connectivity index (χ3v) is 3.21. The van der Waals surface area contributed by atoms with Crippen molar-refractivity contribution < 1.29 is 4.79 Å². The first kappa shape index (κ1) is 10.5. The van der Waals surface area contributed by atoms with E-state index in [9.17, 15) is 4.79 Å². The number of carbonyl (C=O) groups is 1. The third kappa shape index (κ3) is 2.00. The SMILES string of the molecule is CC1CCCN1c1ccc(Cl)cc1C=O. The number of rotatable bonds is 2. The van der Waals surface area contributed by atoms with Crippen LogP contribution in [0, 0.1) is 0 Å². The molecule has 0 bridgehead atoms. The fourth-order valence-corrected chi connectivity index (χ4v) is 2.35. The van der Waals surface area contributed by atoms with Gasteiger partial charge in [-0.1, -0.05) is 11.6 Å². The quantitative estimate of drug-likeness (QED) is 0.718. The van der Waals surface area contributed by atoms with Gasteiger partial charge in [0.25, 0.3) is 0 Å². The maximum Gasteiger partial charge on any atom is 0.152 e. The van der Waals surface area contributed by atoms with E-state index in [1.165, 1.54) is 12.8 Å². The summed E-state index contributed by atoms with van der Waals surface area (Å²) in [6.07, 6.45) is 3.27. The van der Waals surface area contributed by atoms with Crippen LogP contribution in [0.5, 0.6) is 0 Å². The minimum Gasteiger partial charge on any atom is -0.368 e. The average Bonchev–Trinajstić information content (AvgIpc) is 2.64. The van der Waals surface area contributed by atoms with E-state index in [1.54, 1.807) is 6.07 Å². The number of anilines is 1. The lowest BCUT2D eigenvalue weighted by atomic mass is 10.1. The van der Waals surface area contributed by atoms with Gasteiger partial charge in [-0.15, -0.1) is 0 Å². The Labute approximate surface area is 94.8 Å². The van der Waals surface area contributed by atoms with Crippen LogP contribution in [0.15, 0.2) is 18.2 Å². The summed E-state index contributed by atoms with van der Waals surface area (Å²) in [5.41, 5.74) is 1.70. The third-order valence-electron chi connectivity index (χ3n) is 2.98. The largest absolute Gasteiger partial charge is 0.368 e. The fraction of sp³-hybridized carbons (Fsp3) is 0.417. The van der Waals surface area contributed by atoms with Crippen LogP contribution in [0.2, 0.25) is 5.02 Å². The molecule has 0 aliphatic carbocycles. The molecule has 2 rings (SSSR count). The summed E-state index contributed by atoms with van der Waals surface area (Å²) in [4.78, 5) is 13.2. The number of aldehydes is 1. The molecular formula is C12H14ClNO. The molecule has 1 fully saturated rings. The van der Waals surface area contributed by atoms with Gasteiger partial charge in [0.2, 0.25) is 0 Å². The smallest absolute Gasteiger partial charge is 0.152 e. The number of benzene rings is 1. The van der Waals surface area contributed by atoms with Crippen molar-refractivity contribution in [1.29, 1.82) is 0 Å². The van der Waals surface area contributed by atoms with E-state index in [1.807, 2.05) is 12.1 Å². The highest BCUT2D eigenvalue weighted by atomic mass is 35.5. The van der Waals surface area contributed by atoms with Gasteiger partial charge in [-0.2, -0.15) is 0 Å². The van der Waals surface area contributed by atoms with Gasteiger partial charge in [0.15, 0.2) is 6.29 Å². The fourth-order valence-electron chi connectivity index (χ4n) is 2.17. The first-order chi connectivity index (χ1) is 7.22. The van der Waals surface area contributed by atoms with Crippen molar-refractivity contribution in [2.24, 2.45) is 0 Å². The Morgan fingerprint density at radius 1 is 1.53 bits per heavy atom. The Morgan fingerprint density at radius 3 is 2.93 bits per heavy atom. The molecule has 80 valence electrons. The van der Waals surface area contributed by atoms with Crippen LogP contribution >= 0.6 is 11.6 Å². The van der Waals surface area contributed by atoms with E-state index in [-0.39, 0.29) is 0 Å². The van der Waals surface area contributed by atoms with Crippen LogP contribution < -0.4 is 4.90 Å². The van der Waals surface area contributed by atoms with Crippen molar-refractivity contribution in [3.05, 3.63) is 28.8 Å². The number of hydrogen-bond acceptors (Lipinski definition) is 2. The van der Waals surface area contributed by atoms with Crippen LogP contribution in [0.1, 0.15) is 30.1 Å². The van der Waals surface area contributed by atoms with Crippen LogP contribution in [0.25, 0.3) is 0 Å². The molecule has 1 aliphatic heterocycles. The molecule has 2 nitrogen and oxygen atoms in total. The summed E-state index contributed by atoms with van der Waals surface area (Å²) in [5, 5.41) is 0.618. The molecule has 0 saturated carbocycles. The molecule has 3 heteroatoms. The summed E-state index contributed by atoms with van der Waals surface area (Å²) >= 11 is 5.86. The minimum atomic E-state index is 0.518.